The molecule has 1 aromatic heterocycles. The molecule has 0 aliphatic rings. The summed E-state index contributed by atoms with van der Waals surface area (Å²) < 4.78 is 6.87. The van der Waals surface area contributed by atoms with E-state index < -0.39 is 0 Å². The van der Waals surface area contributed by atoms with Gasteiger partial charge in [-0.3, -0.25) is 4.98 Å². The molecule has 2 rings (SSSR count). The van der Waals surface area contributed by atoms with Crippen molar-refractivity contribution in [3.8, 4) is 11.5 Å². The van der Waals surface area contributed by atoms with Crippen molar-refractivity contribution >= 4 is 15.9 Å². The number of nitrogens with two attached hydrogens (primary N) is 1. The molecule has 0 aliphatic carbocycles. The summed E-state index contributed by atoms with van der Waals surface area (Å²) in [5, 5.41) is 0. The Balaban J connectivity index is 2.30. The minimum absolute atomic E-state index is 0.00703. The Morgan fingerprint density at radius 1 is 1.25 bits per heavy atom. The van der Waals surface area contributed by atoms with E-state index in [1.54, 1.807) is 0 Å². The molecule has 2 aromatic rings. The van der Waals surface area contributed by atoms with E-state index in [2.05, 4.69) is 27.8 Å². The molecule has 1 atom stereocenters. The molecule has 20 heavy (non-hydrogen) atoms. The molecule has 0 spiro atoms. The lowest BCUT2D eigenvalue weighted by molar-refractivity contribution is 0.469. The molecular weight excluding hydrogens is 316 g/mol. The van der Waals surface area contributed by atoms with Crippen molar-refractivity contribution in [3.05, 3.63) is 51.8 Å². The van der Waals surface area contributed by atoms with Crippen LogP contribution in [0.25, 0.3) is 0 Å². The Hall–Kier alpha value is -1.39. The Bertz CT molecular complexity index is 611. The predicted molar refractivity (Wildman–Crippen MR) is 85.2 cm³/mol. The zero-order chi connectivity index (χ0) is 14.7. The van der Waals surface area contributed by atoms with Crippen LogP contribution in [0.1, 0.15) is 36.8 Å². The Morgan fingerprint density at radius 2 is 1.95 bits per heavy atom. The second-order valence-corrected chi connectivity index (χ2v) is 5.69. The van der Waals surface area contributed by atoms with Gasteiger partial charge in [-0.25, -0.2) is 0 Å². The second-order valence-electron chi connectivity index (χ2n) is 4.83. The minimum Gasteiger partial charge on any atom is -0.454 e. The van der Waals surface area contributed by atoms with Gasteiger partial charge in [-0.15, -0.1) is 0 Å². The van der Waals surface area contributed by atoms with Crippen LogP contribution in [0, 0.1) is 6.92 Å². The number of nitrogens with zero attached hydrogens (tertiary/aromatic N) is 1. The first-order valence-electron chi connectivity index (χ1n) is 6.70. The molecule has 2 N–H and O–H groups in total. The number of rotatable bonds is 4. The summed E-state index contributed by atoms with van der Waals surface area (Å²) in [4.78, 5) is 4.50. The Kier molecular flexibility index (Phi) is 4.78. The van der Waals surface area contributed by atoms with Gasteiger partial charge >= 0.3 is 0 Å². The van der Waals surface area contributed by atoms with Gasteiger partial charge in [0.2, 0.25) is 0 Å². The summed E-state index contributed by atoms with van der Waals surface area (Å²) >= 11 is 3.53. The third-order valence-corrected chi connectivity index (χ3v) is 3.73. The first kappa shape index (κ1) is 15.0. The minimum atomic E-state index is 0.00703. The number of hydrogen-bond donors (Lipinski definition) is 1. The topological polar surface area (TPSA) is 48.1 Å². The Labute approximate surface area is 128 Å². The van der Waals surface area contributed by atoms with E-state index in [9.17, 15) is 0 Å². The highest BCUT2D eigenvalue weighted by Crippen LogP contribution is 2.33. The van der Waals surface area contributed by atoms with Gasteiger partial charge in [0, 0.05) is 11.7 Å². The molecule has 0 saturated carbocycles. The van der Waals surface area contributed by atoms with Crippen molar-refractivity contribution in [3.63, 3.8) is 0 Å². The van der Waals surface area contributed by atoms with Crippen LogP contribution in [-0.4, -0.2) is 4.98 Å². The summed E-state index contributed by atoms with van der Waals surface area (Å²) in [5.74, 6) is 1.57. The van der Waals surface area contributed by atoms with Gasteiger partial charge in [-0.1, -0.05) is 13.0 Å². The van der Waals surface area contributed by atoms with Gasteiger partial charge < -0.3 is 10.5 Å². The summed E-state index contributed by atoms with van der Waals surface area (Å²) in [6.07, 6.45) is 0.840. The van der Waals surface area contributed by atoms with Gasteiger partial charge in [-0.2, -0.15) is 0 Å². The molecule has 0 fully saturated rings. The molecule has 4 heteroatoms. The number of ether oxygens (including phenoxy) is 1. The third kappa shape index (κ3) is 3.38. The van der Waals surface area contributed by atoms with Gasteiger partial charge in [0.15, 0.2) is 0 Å². The molecule has 106 valence electrons. The van der Waals surface area contributed by atoms with Crippen LogP contribution < -0.4 is 10.5 Å². The fourth-order valence-electron chi connectivity index (χ4n) is 1.95. The van der Waals surface area contributed by atoms with E-state index >= 15 is 0 Å². The molecule has 0 unspecified atom stereocenters. The molecule has 3 nitrogen and oxygen atoms in total. The maximum Gasteiger partial charge on any atom is 0.148 e. The number of aryl methyl sites for hydroxylation is 2. The predicted octanol–water partition coefficient (Wildman–Crippen LogP) is 4.53. The largest absolute Gasteiger partial charge is 0.454 e. The zero-order valence-corrected chi connectivity index (χ0v) is 13.6. The fraction of sp³-hybridized carbons (Fsp3) is 0.312. The molecular formula is C16H19BrN2O. The third-order valence-electron chi connectivity index (χ3n) is 3.11. The van der Waals surface area contributed by atoms with Crippen LogP contribution >= 0.6 is 15.9 Å². The average Bonchev–Trinajstić information content (AvgIpc) is 2.42. The van der Waals surface area contributed by atoms with Gasteiger partial charge in [0.1, 0.15) is 11.5 Å². The maximum absolute atomic E-state index is 5.97. The van der Waals surface area contributed by atoms with E-state index in [-0.39, 0.29) is 6.04 Å². The van der Waals surface area contributed by atoms with Crippen LogP contribution in [0.5, 0.6) is 11.5 Å². The highest BCUT2D eigenvalue weighted by Gasteiger charge is 2.09. The number of halogens is 1. The van der Waals surface area contributed by atoms with Crippen LogP contribution in [-0.2, 0) is 6.42 Å². The average molecular weight is 335 g/mol. The summed E-state index contributed by atoms with van der Waals surface area (Å²) in [5.41, 5.74) is 8.91. The van der Waals surface area contributed by atoms with Crippen LogP contribution in [0.4, 0.5) is 0 Å². The summed E-state index contributed by atoms with van der Waals surface area (Å²) in [6.45, 7) is 6.01. The fourth-order valence-corrected chi connectivity index (χ4v) is 2.42. The van der Waals surface area contributed by atoms with Crippen molar-refractivity contribution in [1.29, 1.82) is 0 Å². The SMILES string of the molecule is CCc1nc(C)ccc1Oc1ccc([C@@H](C)N)cc1Br. The maximum atomic E-state index is 5.97. The molecule has 0 saturated heterocycles. The van der Waals surface area contributed by atoms with E-state index in [1.165, 1.54) is 0 Å². The number of benzene rings is 1. The highest BCUT2D eigenvalue weighted by molar-refractivity contribution is 9.10. The Morgan fingerprint density at radius 3 is 2.55 bits per heavy atom. The van der Waals surface area contributed by atoms with Crippen molar-refractivity contribution < 1.29 is 4.74 Å². The monoisotopic (exact) mass is 334 g/mol. The lowest BCUT2D eigenvalue weighted by atomic mass is 10.1. The van der Waals surface area contributed by atoms with Crippen LogP contribution in [0.3, 0.4) is 0 Å². The van der Waals surface area contributed by atoms with E-state index in [4.69, 9.17) is 10.5 Å². The second kappa shape index (κ2) is 6.37. The summed E-state index contributed by atoms with van der Waals surface area (Å²) in [7, 11) is 0. The van der Waals surface area contributed by atoms with E-state index in [0.717, 1.165) is 39.3 Å². The standard InChI is InChI=1S/C16H19BrN2O/c1-4-14-16(7-5-10(2)19-14)20-15-8-6-12(11(3)18)9-13(15)17/h5-9,11H,4,18H2,1-3H3/t11-/m1/s1. The number of pyridine rings is 1. The quantitative estimate of drug-likeness (QED) is 0.893. The zero-order valence-electron chi connectivity index (χ0n) is 12.0. The molecule has 1 aromatic carbocycles. The van der Waals surface area contributed by atoms with E-state index in [0.29, 0.717) is 0 Å². The van der Waals surface area contributed by atoms with Crippen LogP contribution in [0.2, 0.25) is 0 Å². The van der Waals surface area contributed by atoms with Crippen molar-refractivity contribution in [2.75, 3.05) is 0 Å². The summed E-state index contributed by atoms with van der Waals surface area (Å²) in [6, 6.07) is 9.84. The number of hydrogen-bond acceptors (Lipinski definition) is 3. The lowest BCUT2D eigenvalue weighted by Crippen LogP contribution is -2.04. The van der Waals surface area contributed by atoms with Gasteiger partial charge in [-0.05, 0) is 66.0 Å². The first-order valence-corrected chi connectivity index (χ1v) is 7.50. The molecule has 1 heterocycles. The smallest absolute Gasteiger partial charge is 0.148 e. The first-order chi connectivity index (χ1) is 9.51. The van der Waals surface area contributed by atoms with Crippen molar-refractivity contribution in [1.82, 2.24) is 4.98 Å². The lowest BCUT2D eigenvalue weighted by Gasteiger charge is -2.13. The molecule has 0 aliphatic heterocycles. The molecule has 0 amide bonds. The normalized spacial score (nSPS) is 12.2. The number of aromatic nitrogens is 1. The van der Waals surface area contributed by atoms with Gasteiger partial charge in [0.25, 0.3) is 0 Å². The molecule has 0 bridgehead atoms. The van der Waals surface area contributed by atoms with Crippen LogP contribution in [0.15, 0.2) is 34.8 Å². The van der Waals surface area contributed by atoms with E-state index in [1.807, 2.05) is 44.2 Å². The van der Waals surface area contributed by atoms with Gasteiger partial charge in [0.05, 0.1) is 10.2 Å². The highest BCUT2D eigenvalue weighted by atomic mass is 79.9. The van der Waals surface area contributed by atoms with Crippen molar-refractivity contribution in [2.24, 2.45) is 5.73 Å². The van der Waals surface area contributed by atoms with Crippen molar-refractivity contribution in [2.45, 2.75) is 33.2 Å². The molecule has 0 radical (unpaired) electrons.